The van der Waals surface area contributed by atoms with Crippen LogP contribution in [0.2, 0.25) is 0 Å². The number of amides is 1. The fourth-order valence-electron chi connectivity index (χ4n) is 2.85. The molecule has 0 bridgehead atoms. The Morgan fingerprint density at radius 1 is 1.22 bits per heavy atom. The molecule has 1 amide bonds. The molecule has 0 spiro atoms. The summed E-state index contributed by atoms with van der Waals surface area (Å²) in [5.74, 6) is -0.508. The zero-order valence-corrected chi connectivity index (χ0v) is 10.9. The summed E-state index contributed by atoms with van der Waals surface area (Å²) in [6.07, 6.45) is 6.21. The van der Waals surface area contributed by atoms with Crippen molar-refractivity contribution in [1.82, 2.24) is 5.32 Å². The summed E-state index contributed by atoms with van der Waals surface area (Å²) in [6.45, 7) is 1.91. The van der Waals surface area contributed by atoms with Crippen molar-refractivity contribution in [2.75, 3.05) is 0 Å². The van der Waals surface area contributed by atoms with Crippen LogP contribution in [0.5, 0.6) is 0 Å². The molecule has 0 heterocycles. The first kappa shape index (κ1) is 13.1. The number of ketones is 1. The van der Waals surface area contributed by atoms with Gasteiger partial charge in [0, 0.05) is 18.9 Å². The third kappa shape index (κ3) is 2.92. The Morgan fingerprint density at radius 3 is 2.50 bits per heavy atom. The van der Waals surface area contributed by atoms with E-state index >= 15 is 0 Å². The first-order valence-electron chi connectivity index (χ1n) is 6.84. The molecule has 1 saturated carbocycles. The van der Waals surface area contributed by atoms with Crippen LogP contribution in [0, 0.1) is 5.92 Å². The lowest BCUT2D eigenvalue weighted by Crippen LogP contribution is -2.40. The molecule has 0 aliphatic heterocycles. The van der Waals surface area contributed by atoms with Gasteiger partial charge in [-0.3, -0.25) is 9.59 Å². The molecule has 2 N–H and O–H groups in total. The van der Waals surface area contributed by atoms with E-state index in [-0.39, 0.29) is 35.0 Å². The van der Waals surface area contributed by atoms with Gasteiger partial charge in [-0.2, -0.15) is 0 Å². The average molecular weight is 251 g/mol. The number of carbonyl (C=O) groups is 2. The van der Waals surface area contributed by atoms with Crippen molar-refractivity contribution >= 4 is 11.7 Å². The second-order valence-electron chi connectivity index (χ2n) is 5.57. The highest BCUT2D eigenvalue weighted by molar-refractivity contribution is 6.20. The van der Waals surface area contributed by atoms with E-state index in [1.54, 1.807) is 0 Å². The quantitative estimate of drug-likeness (QED) is 0.740. The van der Waals surface area contributed by atoms with Gasteiger partial charge in [-0.1, -0.05) is 26.2 Å². The molecule has 1 atom stereocenters. The van der Waals surface area contributed by atoms with E-state index in [1.807, 2.05) is 6.92 Å². The minimum Gasteiger partial charge on any atom is -0.511 e. The molecule has 100 valence electrons. The summed E-state index contributed by atoms with van der Waals surface area (Å²) in [5, 5.41) is 12.7. The number of nitrogens with one attached hydrogen (secondary N) is 1. The van der Waals surface area contributed by atoms with Crippen molar-refractivity contribution in [3.8, 4) is 0 Å². The van der Waals surface area contributed by atoms with Crippen molar-refractivity contribution < 1.29 is 14.7 Å². The van der Waals surface area contributed by atoms with E-state index in [1.165, 1.54) is 6.42 Å². The van der Waals surface area contributed by atoms with Gasteiger partial charge in [-0.25, -0.2) is 0 Å². The van der Waals surface area contributed by atoms with Gasteiger partial charge in [0.1, 0.15) is 11.3 Å². The normalized spacial score (nSPS) is 26.3. The number of hydrogen-bond donors (Lipinski definition) is 2. The van der Waals surface area contributed by atoms with E-state index in [4.69, 9.17) is 0 Å². The molecule has 0 aromatic rings. The van der Waals surface area contributed by atoms with Crippen LogP contribution in [0.1, 0.15) is 51.9 Å². The predicted molar refractivity (Wildman–Crippen MR) is 68.1 cm³/mol. The van der Waals surface area contributed by atoms with Crippen LogP contribution in [0.4, 0.5) is 0 Å². The number of aliphatic hydroxyl groups excluding tert-OH is 1. The van der Waals surface area contributed by atoms with E-state index < -0.39 is 0 Å². The highest BCUT2D eigenvalue weighted by atomic mass is 16.3. The van der Waals surface area contributed by atoms with Crippen LogP contribution in [-0.4, -0.2) is 22.8 Å². The average Bonchev–Trinajstić information content (AvgIpc) is 2.28. The van der Waals surface area contributed by atoms with Crippen LogP contribution in [0.3, 0.4) is 0 Å². The molecule has 0 radical (unpaired) electrons. The fourth-order valence-corrected chi connectivity index (χ4v) is 2.85. The van der Waals surface area contributed by atoms with Crippen LogP contribution in [-0.2, 0) is 9.59 Å². The summed E-state index contributed by atoms with van der Waals surface area (Å²) in [4.78, 5) is 23.9. The first-order valence-corrected chi connectivity index (χ1v) is 6.84. The number of aliphatic hydroxyl groups is 1. The van der Waals surface area contributed by atoms with E-state index in [9.17, 15) is 14.7 Å². The van der Waals surface area contributed by atoms with Crippen molar-refractivity contribution in [2.24, 2.45) is 5.92 Å². The van der Waals surface area contributed by atoms with E-state index in [0.717, 1.165) is 25.7 Å². The van der Waals surface area contributed by atoms with Crippen LogP contribution in [0.25, 0.3) is 0 Å². The Kier molecular flexibility index (Phi) is 4.04. The van der Waals surface area contributed by atoms with Gasteiger partial charge < -0.3 is 10.4 Å². The lowest BCUT2D eigenvalue weighted by molar-refractivity contribution is -0.124. The predicted octanol–water partition coefficient (Wildman–Crippen LogP) is 2.25. The number of allylic oxidation sites excluding steroid dienone is 1. The van der Waals surface area contributed by atoms with Crippen LogP contribution < -0.4 is 5.32 Å². The fraction of sp³-hybridized carbons (Fsp3) is 0.714. The summed E-state index contributed by atoms with van der Waals surface area (Å²) in [5.41, 5.74) is -0.00123. The first-order chi connectivity index (χ1) is 8.58. The lowest BCUT2D eigenvalue weighted by Gasteiger charge is -2.25. The van der Waals surface area contributed by atoms with Crippen molar-refractivity contribution in [1.29, 1.82) is 0 Å². The zero-order chi connectivity index (χ0) is 13.1. The van der Waals surface area contributed by atoms with Crippen LogP contribution in [0.15, 0.2) is 11.3 Å². The number of Topliss-reactive ketones (excluding diaryl/α,β-unsaturated/α-hetero) is 1. The van der Waals surface area contributed by atoms with Gasteiger partial charge >= 0.3 is 0 Å². The van der Waals surface area contributed by atoms with Crippen molar-refractivity contribution in [3.63, 3.8) is 0 Å². The molecule has 0 aromatic heterocycles. The van der Waals surface area contributed by atoms with Gasteiger partial charge in [-0.05, 0) is 18.8 Å². The Balaban J connectivity index is 2.03. The standard InChI is InChI=1S/C14H21NO3/c1-9-7-11(16)13(12(17)8-9)14(18)15-10-5-3-2-4-6-10/h9-10,16H,2-8H2,1H3,(H,15,18). The van der Waals surface area contributed by atoms with Crippen LogP contribution >= 0.6 is 0 Å². The van der Waals surface area contributed by atoms with E-state index in [0.29, 0.717) is 12.8 Å². The Morgan fingerprint density at radius 2 is 1.89 bits per heavy atom. The number of rotatable bonds is 2. The highest BCUT2D eigenvalue weighted by Crippen LogP contribution is 2.26. The Labute approximate surface area is 107 Å². The maximum atomic E-state index is 12.0. The molecule has 4 heteroatoms. The van der Waals surface area contributed by atoms with Gasteiger partial charge in [0.05, 0.1) is 0 Å². The number of hydrogen-bond acceptors (Lipinski definition) is 3. The minimum atomic E-state index is -0.378. The topological polar surface area (TPSA) is 66.4 Å². The summed E-state index contributed by atoms with van der Waals surface area (Å²) in [6, 6.07) is 0.165. The van der Waals surface area contributed by atoms with Gasteiger partial charge in [0.2, 0.25) is 0 Å². The largest absolute Gasteiger partial charge is 0.511 e. The maximum Gasteiger partial charge on any atom is 0.258 e. The second-order valence-corrected chi connectivity index (χ2v) is 5.57. The molecule has 2 rings (SSSR count). The molecule has 2 aliphatic carbocycles. The maximum absolute atomic E-state index is 12.0. The van der Waals surface area contributed by atoms with Crippen molar-refractivity contribution in [2.45, 2.75) is 57.9 Å². The molecule has 2 aliphatic rings. The molecule has 1 unspecified atom stereocenters. The molecule has 0 saturated heterocycles. The smallest absolute Gasteiger partial charge is 0.258 e. The molecule has 0 aromatic carbocycles. The lowest BCUT2D eigenvalue weighted by atomic mass is 9.87. The minimum absolute atomic E-state index is 0.00123. The van der Waals surface area contributed by atoms with Gasteiger partial charge in [0.15, 0.2) is 5.78 Å². The molecular formula is C14H21NO3. The second kappa shape index (κ2) is 5.55. The third-order valence-corrected chi connectivity index (χ3v) is 3.81. The Hall–Kier alpha value is -1.32. The zero-order valence-electron chi connectivity index (χ0n) is 10.9. The van der Waals surface area contributed by atoms with Crippen molar-refractivity contribution in [3.05, 3.63) is 11.3 Å². The summed E-state index contributed by atoms with van der Waals surface area (Å²) < 4.78 is 0. The SMILES string of the molecule is CC1CC(=O)C(C(=O)NC2CCCCC2)=C(O)C1. The van der Waals surface area contributed by atoms with E-state index in [2.05, 4.69) is 5.32 Å². The highest BCUT2D eigenvalue weighted by Gasteiger charge is 2.31. The Bertz CT molecular complexity index is 381. The third-order valence-electron chi connectivity index (χ3n) is 3.81. The van der Waals surface area contributed by atoms with Gasteiger partial charge in [0.25, 0.3) is 5.91 Å². The van der Waals surface area contributed by atoms with Gasteiger partial charge in [-0.15, -0.1) is 0 Å². The summed E-state index contributed by atoms with van der Waals surface area (Å²) in [7, 11) is 0. The number of carbonyl (C=O) groups excluding carboxylic acids is 2. The molecule has 1 fully saturated rings. The molecule has 4 nitrogen and oxygen atoms in total. The molecular weight excluding hydrogens is 230 g/mol. The summed E-state index contributed by atoms with van der Waals surface area (Å²) >= 11 is 0. The monoisotopic (exact) mass is 251 g/mol. The molecule has 18 heavy (non-hydrogen) atoms.